The fraction of sp³-hybridized carbons (Fsp3) is 0.167. The van der Waals surface area contributed by atoms with E-state index in [-0.39, 0.29) is 9.77 Å². The molecule has 0 saturated carbocycles. The van der Waals surface area contributed by atoms with Crippen LogP contribution in [0.2, 0.25) is 4.34 Å². The van der Waals surface area contributed by atoms with Gasteiger partial charge in [0.25, 0.3) is 15.6 Å². The second-order valence-corrected chi connectivity index (χ2v) is 11.9. The highest BCUT2D eigenvalue weighted by molar-refractivity contribution is 7.92. The molecular formula is C24H21ClN6O4S2. The SMILES string of the molecule is Cc1nc2cc(C3=NCCN3C)ccc2c(=O)n1-c1ccc(NC(=O)NS(=O)(=O)c2ccc(Cl)s2)cc1. The second kappa shape index (κ2) is 9.61. The Labute approximate surface area is 221 Å². The summed E-state index contributed by atoms with van der Waals surface area (Å²) in [5, 5.41) is 2.94. The molecule has 2 amide bonds. The van der Waals surface area contributed by atoms with Gasteiger partial charge >= 0.3 is 6.03 Å². The summed E-state index contributed by atoms with van der Waals surface area (Å²) in [5.41, 5.74) is 2.16. The zero-order valence-corrected chi connectivity index (χ0v) is 22.1. The molecule has 10 nitrogen and oxygen atoms in total. The van der Waals surface area contributed by atoms with Crippen LogP contribution in [-0.4, -0.2) is 54.9 Å². The van der Waals surface area contributed by atoms with Crippen LogP contribution in [0.15, 0.2) is 68.6 Å². The minimum absolute atomic E-state index is 0.0722. The molecule has 1 aliphatic rings. The number of nitrogens with one attached hydrogen (secondary N) is 2. The first-order valence-electron chi connectivity index (χ1n) is 11.1. The van der Waals surface area contributed by atoms with E-state index in [2.05, 4.69) is 20.2 Å². The predicted molar refractivity (Wildman–Crippen MR) is 145 cm³/mol. The molecule has 0 spiro atoms. The first kappa shape index (κ1) is 24.9. The lowest BCUT2D eigenvalue weighted by Crippen LogP contribution is -2.33. The molecular weight excluding hydrogens is 536 g/mol. The maximum Gasteiger partial charge on any atom is 0.333 e. The highest BCUT2D eigenvalue weighted by Crippen LogP contribution is 2.25. The number of aryl methyl sites for hydroxylation is 1. The van der Waals surface area contributed by atoms with Crippen molar-refractivity contribution < 1.29 is 13.2 Å². The maximum atomic E-state index is 13.3. The van der Waals surface area contributed by atoms with E-state index in [0.29, 0.717) is 32.4 Å². The van der Waals surface area contributed by atoms with Crippen molar-refractivity contribution in [1.29, 1.82) is 0 Å². The number of amides is 2. The van der Waals surface area contributed by atoms with Crippen molar-refractivity contribution in [1.82, 2.24) is 19.2 Å². The molecule has 0 unspecified atom stereocenters. The van der Waals surface area contributed by atoms with Crippen LogP contribution in [0.25, 0.3) is 16.6 Å². The van der Waals surface area contributed by atoms with Crippen molar-refractivity contribution in [2.45, 2.75) is 11.1 Å². The van der Waals surface area contributed by atoms with Crippen LogP contribution >= 0.6 is 22.9 Å². The Morgan fingerprint density at radius 3 is 2.51 bits per heavy atom. The monoisotopic (exact) mass is 556 g/mol. The summed E-state index contributed by atoms with van der Waals surface area (Å²) in [6, 6.07) is 13.7. The lowest BCUT2D eigenvalue weighted by molar-refractivity contribution is 0.256. The zero-order valence-electron chi connectivity index (χ0n) is 19.7. The summed E-state index contributed by atoms with van der Waals surface area (Å²) in [6.07, 6.45) is 0. The summed E-state index contributed by atoms with van der Waals surface area (Å²) in [4.78, 5) is 36.8. The Bertz CT molecular complexity index is 1730. The number of anilines is 1. The van der Waals surface area contributed by atoms with E-state index in [1.165, 1.54) is 16.7 Å². The number of hydrogen-bond acceptors (Lipinski definition) is 8. The number of thiophene rings is 1. The maximum absolute atomic E-state index is 13.3. The van der Waals surface area contributed by atoms with Gasteiger partial charge in [-0.15, -0.1) is 11.3 Å². The summed E-state index contributed by atoms with van der Waals surface area (Å²) in [7, 11) is -2.07. The third kappa shape index (κ3) is 4.95. The van der Waals surface area contributed by atoms with Gasteiger partial charge in [0, 0.05) is 24.8 Å². The molecule has 5 rings (SSSR count). The number of carbonyl (C=O) groups excluding carboxylic acids is 1. The number of fused-ring (bicyclic) bond motifs is 1. The molecule has 2 N–H and O–H groups in total. The van der Waals surface area contributed by atoms with Gasteiger partial charge in [-0.1, -0.05) is 17.7 Å². The van der Waals surface area contributed by atoms with Gasteiger partial charge in [-0.2, -0.15) is 0 Å². The molecule has 0 bridgehead atoms. The van der Waals surface area contributed by atoms with E-state index in [1.54, 1.807) is 37.3 Å². The molecule has 0 atom stereocenters. The number of aliphatic imine (C=N–C) groups is 1. The fourth-order valence-corrected chi connectivity index (χ4v) is 6.44. The lowest BCUT2D eigenvalue weighted by atomic mass is 10.1. The molecule has 3 heterocycles. The van der Waals surface area contributed by atoms with Crippen molar-refractivity contribution >= 4 is 61.4 Å². The van der Waals surface area contributed by atoms with E-state index < -0.39 is 16.1 Å². The number of carbonyl (C=O) groups is 1. The number of nitrogens with zero attached hydrogens (tertiary/aromatic N) is 4. The standard InChI is InChI=1S/C24H21ClN6O4S2/c1-14-27-19-13-15(22-26-11-12-30(22)2)3-8-18(19)23(32)31(14)17-6-4-16(5-7-17)28-24(33)29-37(34,35)21-10-9-20(25)36-21/h3-10,13H,11-12H2,1-2H3,(H2,28,29,33). The van der Waals surface area contributed by atoms with Gasteiger partial charge in [0.1, 0.15) is 15.9 Å². The van der Waals surface area contributed by atoms with Gasteiger partial charge in [-0.05, 0) is 55.5 Å². The molecule has 0 radical (unpaired) electrons. The van der Waals surface area contributed by atoms with E-state index in [1.807, 2.05) is 23.9 Å². The Balaban J connectivity index is 1.37. The second-order valence-electron chi connectivity index (χ2n) is 8.32. The van der Waals surface area contributed by atoms with Crippen LogP contribution in [-0.2, 0) is 10.0 Å². The van der Waals surface area contributed by atoms with Crippen LogP contribution in [0.3, 0.4) is 0 Å². The molecule has 190 valence electrons. The van der Waals surface area contributed by atoms with E-state index in [9.17, 15) is 18.0 Å². The summed E-state index contributed by atoms with van der Waals surface area (Å²) in [5.74, 6) is 1.38. The smallest absolute Gasteiger partial charge is 0.333 e. The number of amidine groups is 1. The topological polar surface area (TPSA) is 126 Å². The quantitative estimate of drug-likeness (QED) is 0.387. The zero-order chi connectivity index (χ0) is 26.3. The lowest BCUT2D eigenvalue weighted by Gasteiger charge is -2.15. The van der Waals surface area contributed by atoms with Crippen molar-refractivity contribution in [3.63, 3.8) is 0 Å². The predicted octanol–water partition coefficient (Wildman–Crippen LogP) is 3.61. The van der Waals surface area contributed by atoms with Gasteiger partial charge in [-0.25, -0.2) is 22.9 Å². The largest absolute Gasteiger partial charge is 0.358 e. The van der Waals surface area contributed by atoms with Gasteiger partial charge in [-0.3, -0.25) is 14.4 Å². The first-order valence-corrected chi connectivity index (χ1v) is 13.8. The Morgan fingerprint density at radius 2 is 1.86 bits per heavy atom. The minimum Gasteiger partial charge on any atom is -0.358 e. The number of hydrogen-bond donors (Lipinski definition) is 2. The van der Waals surface area contributed by atoms with E-state index in [0.717, 1.165) is 35.8 Å². The van der Waals surface area contributed by atoms with Crippen molar-refractivity contribution in [3.8, 4) is 5.69 Å². The van der Waals surface area contributed by atoms with Crippen LogP contribution in [0, 0.1) is 6.92 Å². The minimum atomic E-state index is -4.05. The first-order chi connectivity index (χ1) is 17.6. The Morgan fingerprint density at radius 1 is 1.11 bits per heavy atom. The molecule has 2 aromatic heterocycles. The Kier molecular flexibility index (Phi) is 6.48. The van der Waals surface area contributed by atoms with Gasteiger partial charge in [0.05, 0.1) is 27.5 Å². The Hall–Kier alpha value is -3.74. The number of rotatable bonds is 5. The fourth-order valence-electron chi connectivity index (χ4n) is 4.05. The number of sulfonamides is 1. The normalized spacial score (nSPS) is 13.6. The molecule has 1 aliphatic heterocycles. The number of halogens is 1. The van der Waals surface area contributed by atoms with Crippen molar-refractivity contribution in [3.05, 3.63) is 80.7 Å². The van der Waals surface area contributed by atoms with Crippen LogP contribution in [0.5, 0.6) is 0 Å². The van der Waals surface area contributed by atoms with Gasteiger partial charge in [0.15, 0.2) is 0 Å². The number of urea groups is 1. The van der Waals surface area contributed by atoms with Gasteiger partial charge in [0.2, 0.25) is 0 Å². The third-order valence-corrected chi connectivity index (χ3v) is 8.83. The molecule has 2 aromatic carbocycles. The van der Waals surface area contributed by atoms with Gasteiger partial charge < -0.3 is 10.2 Å². The number of benzene rings is 2. The van der Waals surface area contributed by atoms with Crippen LogP contribution in [0.4, 0.5) is 10.5 Å². The summed E-state index contributed by atoms with van der Waals surface area (Å²) < 4.78 is 28.3. The van der Waals surface area contributed by atoms with Crippen LogP contribution < -0.4 is 15.6 Å². The highest BCUT2D eigenvalue weighted by atomic mass is 35.5. The number of likely N-dealkylation sites (N-methyl/N-ethyl adjacent to an activating group) is 1. The molecule has 0 fully saturated rings. The van der Waals surface area contributed by atoms with Crippen molar-refractivity contribution in [2.75, 3.05) is 25.5 Å². The molecule has 4 aromatic rings. The number of aromatic nitrogens is 2. The average Bonchev–Trinajstić information content (AvgIpc) is 3.48. The van der Waals surface area contributed by atoms with E-state index >= 15 is 0 Å². The summed E-state index contributed by atoms with van der Waals surface area (Å²) in [6.45, 7) is 3.34. The molecule has 0 aliphatic carbocycles. The highest BCUT2D eigenvalue weighted by Gasteiger charge is 2.20. The molecule has 37 heavy (non-hydrogen) atoms. The average molecular weight is 557 g/mol. The molecule has 0 saturated heterocycles. The van der Waals surface area contributed by atoms with Crippen LogP contribution in [0.1, 0.15) is 11.4 Å². The summed E-state index contributed by atoms with van der Waals surface area (Å²) >= 11 is 6.62. The van der Waals surface area contributed by atoms with E-state index in [4.69, 9.17) is 11.6 Å². The third-order valence-electron chi connectivity index (χ3n) is 5.78. The molecule has 13 heteroatoms. The van der Waals surface area contributed by atoms with Crippen molar-refractivity contribution in [2.24, 2.45) is 4.99 Å².